The van der Waals surface area contributed by atoms with Gasteiger partial charge < -0.3 is 15.8 Å². The van der Waals surface area contributed by atoms with Gasteiger partial charge in [-0.1, -0.05) is 0 Å². The Morgan fingerprint density at radius 1 is 1.53 bits per heavy atom. The van der Waals surface area contributed by atoms with Gasteiger partial charge in [-0.25, -0.2) is 0 Å². The molecule has 1 amide bonds. The number of hydrogen-bond donors (Lipinski definition) is 2. The number of nitrogens with zero attached hydrogens (tertiary/aromatic N) is 1. The number of nitrogens with one attached hydrogen (secondary N) is 1. The van der Waals surface area contributed by atoms with Crippen molar-refractivity contribution in [2.24, 2.45) is 0 Å². The molecule has 0 aromatic heterocycles. The summed E-state index contributed by atoms with van der Waals surface area (Å²) in [5.74, 6) is -0.294. The normalized spacial score (nSPS) is 18.8. The van der Waals surface area contributed by atoms with Crippen molar-refractivity contribution in [1.29, 1.82) is 0 Å². The molecular weight excluding hydrogens is 250 g/mol. The van der Waals surface area contributed by atoms with Gasteiger partial charge in [0, 0.05) is 18.2 Å². The largest absolute Gasteiger partial charge is 0.393 e. The molecule has 1 aliphatic rings. The molecule has 102 valence electrons. The molecule has 1 heterocycles. The van der Waals surface area contributed by atoms with Gasteiger partial charge in [0.15, 0.2) is 0 Å². The average molecular weight is 265 g/mol. The Hall–Kier alpha value is -2.15. The number of nitrogens with two attached hydrogens (primary N) is 1. The van der Waals surface area contributed by atoms with Crippen molar-refractivity contribution in [1.82, 2.24) is 5.32 Å². The summed E-state index contributed by atoms with van der Waals surface area (Å²) in [4.78, 5) is 22.0. The third-order valence-electron chi connectivity index (χ3n) is 2.98. The van der Waals surface area contributed by atoms with Gasteiger partial charge in [-0.05, 0) is 25.0 Å². The van der Waals surface area contributed by atoms with Gasteiger partial charge in [0.25, 0.3) is 11.6 Å². The summed E-state index contributed by atoms with van der Waals surface area (Å²) in [5, 5.41) is 13.4. The molecule has 2 rings (SSSR count). The summed E-state index contributed by atoms with van der Waals surface area (Å²) >= 11 is 0. The predicted octanol–water partition coefficient (Wildman–Crippen LogP) is 1.09. The number of nitro groups is 1. The number of hydrogen-bond acceptors (Lipinski definition) is 5. The number of amides is 1. The molecule has 0 saturated carbocycles. The zero-order chi connectivity index (χ0) is 13.8. The zero-order valence-corrected chi connectivity index (χ0v) is 10.3. The van der Waals surface area contributed by atoms with E-state index >= 15 is 0 Å². The van der Waals surface area contributed by atoms with Gasteiger partial charge in [-0.15, -0.1) is 0 Å². The number of benzene rings is 1. The maximum atomic E-state index is 12.0. The maximum absolute atomic E-state index is 12.0. The van der Waals surface area contributed by atoms with E-state index in [2.05, 4.69) is 5.32 Å². The van der Waals surface area contributed by atoms with Crippen molar-refractivity contribution in [3.05, 3.63) is 33.9 Å². The van der Waals surface area contributed by atoms with Crippen LogP contribution in [0.3, 0.4) is 0 Å². The molecular formula is C12H15N3O4. The summed E-state index contributed by atoms with van der Waals surface area (Å²) in [7, 11) is 0. The highest BCUT2D eigenvalue weighted by atomic mass is 16.6. The Morgan fingerprint density at radius 3 is 2.89 bits per heavy atom. The smallest absolute Gasteiger partial charge is 0.292 e. The van der Waals surface area contributed by atoms with E-state index in [9.17, 15) is 14.9 Å². The summed E-state index contributed by atoms with van der Waals surface area (Å²) in [5.41, 5.74) is 5.65. The van der Waals surface area contributed by atoms with Crippen LogP contribution in [-0.2, 0) is 4.74 Å². The summed E-state index contributed by atoms with van der Waals surface area (Å²) < 4.78 is 5.26. The van der Waals surface area contributed by atoms with Crippen LogP contribution >= 0.6 is 0 Å². The number of carbonyl (C=O) groups is 1. The molecule has 19 heavy (non-hydrogen) atoms. The first-order valence-electron chi connectivity index (χ1n) is 6.00. The van der Waals surface area contributed by atoms with E-state index in [4.69, 9.17) is 10.5 Å². The lowest BCUT2D eigenvalue weighted by molar-refractivity contribution is -0.383. The Kier molecular flexibility index (Phi) is 3.96. The van der Waals surface area contributed by atoms with Crippen LogP contribution in [0.5, 0.6) is 0 Å². The van der Waals surface area contributed by atoms with E-state index in [1.165, 1.54) is 18.2 Å². The molecule has 0 bridgehead atoms. The van der Waals surface area contributed by atoms with Crippen molar-refractivity contribution in [2.45, 2.75) is 18.9 Å². The van der Waals surface area contributed by atoms with Crippen molar-refractivity contribution < 1.29 is 14.5 Å². The topological polar surface area (TPSA) is 107 Å². The molecule has 1 aromatic carbocycles. The SMILES string of the molecule is Nc1cc(C(=O)NC2CCCOC2)ccc1[N+](=O)[O-]. The Balaban J connectivity index is 2.06. The number of anilines is 1. The van der Waals surface area contributed by atoms with Gasteiger partial charge in [0.05, 0.1) is 17.6 Å². The lowest BCUT2D eigenvalue weighted by atomic mass is 10.1. The monoisotopic (exact) mass is 265 g/mol. The van der Waals surface area contributed by atoms with Gasteiger partial charge in [-0.3, -0.25) is 14.9 Å². The highest BCUT2D eigenvalue weighted by molar-refractivity contribution is 5.95. The fourth-order valence-electron chi connectivity index (χ4n) is 1.99. The molecule has 7 nitrogen and oxygen atoms in total. The second-order valence-electron chi connectivity index (χ2n) is 4.42. The van der Waals surface area contributed by atoms with Crippen LogP contribution in [0, 0.1) is 10.1 Å². The number of nitro benzene ring substituents is 1. The quantitative estimate of drug-likeness (QED) is 0.483. The van der Waals surface area contributed by atoms with Crippen LogP contribution in [0.1, 0.15) is 23.2 Å². The van der Waals surface area contributed by atoms with E-state index < -0.39 is 4.92 Å². The fraction of sp³-hybridized carbons (Fsp3) is 0.417. The van der Waals surface area contributed by atoms with Crippen LogP contribution in [0.4, 0.5) is 11.4 Å². The number of rotatable bonds is 3. The lowest BCUT2D eigenvalue weighted by Gasteiger charge is -2.23. The van der Waals surface area contributed by atoms with Crippen molar-refractivity contribution in [2.75, 3.05) is 18.9 Å². The minimum atomic E-state index is -0.577. The van der Waals surface area contributed by atoms with Crippen molar-refractivity contribution >= 4 is 17.3 Å². The first kappa shape index (κ1) is 13.3. The standard InChI is InChI=1S/C12H15N3O4/c13-10-6-8(3-4-11(10)15(17)18)12(16)14-9-2-1-5-19-7-9/h3-4,6,9H,1-2,5,7,13H2,(H,14,16). The van der Waals surface area contributed by atoms with Gasteiger partial charge in [0.2, 0.25) is 0 Å². The molecule has 1 unspecified atom stereocenters. The van der Waals surface area contributed by atoms with Crippen LogP contribution in [0.25, 0.3) is 0 Å². The third kappa shape index (κ3) is 3.19. The van der Waals surface area contributed by atoms with Gasteiger partial charge in [0.1, 0.15) is 5.69 Å². The predicted molar refractivity (Wildman–Crippen MR) is 68.8 cm³/mol. The molecule has 7 heteroatoms. The molecule has 1 aromatic rings. The van der Waals surface area contributed by atoms with Crippen molar-refractivity contribution in [3.63, 3.8) is 0 Å². The lowest BCUT2D eigenvalue weighted by Crippen LogP contribution is -2.40. The molecule has 1 saturated heterocycles. The Labute approximate surface area is 109 Å². The molecule has 3 N–H and O–H groups in total. The molecule has 0 aliphatic carbocycles. The molecule has 1 fully saturated rings. The summed E-state index contributed by atoms with van der Waals surface area (Å²) in [6.07, 6.45) is 1.78. The van der Waals surface area contributed by atoms with Crippen LogP contribution in [-0.4, -0.2) is 30.1 Å². The van der Waals surface area contributed by atoms with Crippen molar-refractivity contribution in [3.8, 4) is 0 Å². The first-order chi connectivity index (χ1) is 9.08. The highest BCUT2D eigenvalue weighted by Gasteiger charge is 2.19. The Morgan fingerprint density at radius 2 is 2.32 bits per heavy atom. The van der Waals surface area contributed by atoms with Crippen LogP contribution < -0.4 is 11.1 Å². The summed E-state index contributed by atoms with van der Waals surface area (Å²) in [6.45, 7) is 1.21. The maximum Gasteiger partial charge on any atom is 0.292 e. The first-order valence-corrected chi connectivity index (χ1v) is 6.00. The molecule has 1 atom stereocenters. The third-order valence-corrected chi connectivity index (χ3v) is 2.98. The van der Waals surface area contributed by atoms with E-state index in [1.807, 2.05) is 0 Å². The Bertz CT molecular complexity index is 498. The second kappa shape index (κ2) is 5.66. The van der Waals surface area contributed by atoms with E-state index in [0.717, 1.165) is 19.4 Å². The zero-order valence-electron chi connectivity index (χ0n) is 10.3. The van der Waals surface area contributed by atoms with Gasteiger partial charge in [-0.2, -0.15) is 0 Å². The van der Waals surface area contributed by atoms with E-state index in [-0.39, 0.29) is 23.3 Å². The molecule has 0 spiro atoms. The van der Waals surface area contributed by atoms with Crippen LogP contribution in [0.2, 0.25) is 0 Å². The average Bonchev–Trinajstić information content (AvgIpc) is 2.39. The minimum absolute atomic E-state index is 0.0160. The van der Waals surface area contributed by atoms with E-state index in [1.54, 1.807) is 0 Å². The highest BCUT2D eigenvalue weighted by Crippen LogP contribution is 2.22. The molecule has 0 radical (unpaired) electrons. The van der Waals surface area contributed by atoms with Gasteiger partial charge >= 0.3 is 0 Å². The fourth-order valence-corrected chi connectivity index (χ4v) is 1.99. The number of ether oxygens (including phenoxy) is 1. The summed E-state index contributed by atoms with van der Waals surface area (Å²) in [6, 6.07) is 3.93. The molecule has 1 aliphatic heterocycles. The number of nitrogen functional groups attached to an aromatic ring is 1. The minimum Gasteiger partial charge on any atom is -0.393 e. The number of carbonyl (C=O) groups excluding carboxylic acids is 1. The second-order valence-corrected chi connectivity index (χ2v) is 4.42. The van der Waals surface area contributed by atoms with E-state index in [0.29, 0.717) is 12.2 Å². The van der Waals surface area contributed by atoms with Crippen LogP contribution in [0.15, 0.2) is 18.2 Å².